The molecule has 2 rings (SSSR count). The number of fused-ring (bicyclic) bond motifs is 1. The van der Waals surface area contributed by atoms with Gasteiger partial charge in [-0.15, -0.1) is 0 Å². The molecule has 1 N–H and O–H groups in total. The number of hydrogen-bond donors (Lipinski definition) is 1. The van der Waals surface area contributed by atoms with Crippen molar-refractivity contribution in [1.29, 1.82) is 0 Å². The van der Waals surface area contributed by atoms with Gasteiger partial charge in [0.15, 0.2) is 4.80 Å². The predicted molar refractivity (Wildman–Crippen MR) is 77.6 cm³/mol. The van der Waals surface area contributed by atoms with Crippen molar-refractivity contribution in [2.75, 3.05) is 13.7 Å². The highest BCUT2D eigenvalue weighted by Crippen LogP contribution is 2.16. The Morgan fingerprint density at radius 1 is 1.38 bits per heavy atom. The molecule has 0 aliphatic carbocycles. The zero-order valence-corrected chi connectivity index (χ0v) is 12.5. The van der Waals surface area contributed by atoms with E-state index in [1.165, 1.54) is 18.4 Å². The quantitative estimate of drug-likeness (QED) is 0.684. The smallest absolute Gasteiger partial charge is 0.367 e. The molecule has 0 atom stereocenters. The minimum absolute atomic E-state index is 0.00303. The zero-order valence-electron chi connectivity index (χ0n) is 11.7. The van der Waals surface area contributed by atoms with Crippen molar-refractivity contribution >= 4 is 33.6 Å². The van der Waals surface area contributed by atoms with Gasteiger partial charge in [-0.05, 0) is 19.1 Å². The summed E-state index contributed by atoms with van der Waals surface area (Å²) in [6.45, 7) is 2.04. The second-order valence-electron chi connectivity index (χ2n) is 3.97. The normalized spacial score (nSPS) is 11.6. The van der Waals surface area contributed by atoms with Crippen molar-refractivity contribution in [2.45, 2.75) is 13.5 Å². The van der Waals surface area contributed by atoms with E-state index in [0.717, 1.165) is 10.2 Å². The third-order valence-corrected chi connectivity index (χ3v) is 3.63. The van der Waals surface area contributed by atoms with Crippen LogP contribution in [-0.4, -0.2) is 30.3 Å². The number of urea groups is 1. The number of amides is 2. The Morgan fingerprint density at radius 2 is 2.14 bits per heavy atom. The average molecular weight is 309 g/mol. The van der Waals surface area contributed by atoms with Crippen LogP contribution >= 0.6 is 11.3 Å². The summed E-state index contributed by atoms with van der Waals surface area (Å²) in [5, 5.41) is 0. The van der Waals surface area contributed by atoms with Gasteiger partial charge < -0.3 is 9.30 Å². The summed E-state index contributed by atoms with van der Waals surface area (Å²) in [7, 11) is 1.32. The maximum atomic E-state index is 11.7. The maximum absolute atomic E-state index is 11.7. The number of carbonyl (C=O) groups excluding carboxylic acids is 2. The second-order valence-corrected chi connectivity index (χ2v) is 4.98. The molecule has 2 aromatic rings. The van der Waals surface area contributed by atoms with Crippen molar-refractivity contribution < 1.29 is 19.2 Å². The number of thiazole rings is 1. The zero-order chi connectivity index (χ0) is 15.2. The lowest BCUT2D eigenvalue weighted by atomic mass is 10.3. The first-order valence-corrected chi connectivity index (χ1v) is 7.09. The van der Waals surface area contributed by atoms with Crippen molar-refractivity contribution in [1.82, 2.24) is 10.0 Å². The summed E-state index contributed by atoms with van der Waals surface area (Å²) in [5.74, 6) is -0.380. The van der Waals surface area contributed by atoms with Crippen LogP contribution in [0.25, 0.3) is 10.2 Å². The predicted octanol–water partition coefficient (Wildman–Crippen LogP) is 1.44. The Morgan fingerprint density at radius 3 is 2.86 bits per heavy atom. The standard InChI is InChI=1S/C13H15N3O4S/c1-3-20-11(17)8-16-9-6-4-5-7-10(9)21-13(16)14-12(18)15-19-2/h4-7H,3,8H2,1-2H3,(H,15,18). The fourth-order valence-corrected chi connectivity index (χ4v) is 2.82. The molecule has 1 aromatic heterocycles. The third kappa shape index (κ3) is 3.67. The van der Waals surface area contributed by atoms with Gasteiger partial charge in [0.25, 0.3) is 0 Å². The number of nitrogens with zero attached hydrogens (tertiary/aromatic N) is 2. The van der Waals surface area contributed by atoms with E-state index in [1.54, 1.807) is 11.5 Å². The number of esters is 1. The van der Waals surface area contributed by atoms with Crippen LogP contribution in [0.1, 0.15) is 6.92 Å². The van der Waals surface area contributed by atoms with E-state index >= 15 is 0 Å². The summed E-state index contributed by atoms with van der Waals surface area (Å²) in [5.41, 5.74) is 2.93. The number of benzene rings is 1. The molecule has 2 amide bonds. The summed E-state index contributed by atoms with van der Waals surface area (Å²) >= 11 is 1.31. The Bertz CT molecular complexity index is 720. The SMILES string of the molecule is CCOC(=O)Cn1c(=NC(=O)NOC)sc2ccccc21. The minimum atomic E-state index is -0.637. The molecule has 8 heteroatoms. The molecule has 0 aliphatic rings. The molecule has 1 aromatic carbocycles. The summed E-state index contributed by atoms with van der Waals surface area (Å²) in [6, 6.07) is 6.86. The molecule has 0 spiro atoms. The van der Waals surface area contributed by atoms with E-state index in [0.29, 0.717) is 11.4 Å². The van der Waals surface area contributed by atoms with Crippen LogP contribution in [0.5, 0.6) is 0 Å². The Kier molecular flexibility index (Phi) is 5.07. The molecule has 0 saturated heterocycles. The number of para-hydroxylation sites is 1. The van der Waals surface area contributed by atoms with Gasteiger partial charge in [0.2, 0.25) is 0 Å². The first kappa shape index (κ1) is 15.2. The van der Waals surface area contributed by atoms with Crippen LogP contribution in [0, 0.1) is 0 Å². The largest absolute Gasteiger partial charge is 0.465 e. The molecule has 1 heterocycles. The lowest BCUT2D eigenvalue weighted by molar-refractivity contribution is -0.143. The lowest BCUT2D eigenvalue weighted by Crippen LogP contribution is -2.26. The van der Waals surface area contributed by atoms with E-state index in [1.807, 2.05) is 24.3 Å². The molecule has 0 fully saturated rings. The van der Waals surface area contributed by atoms with E-state index < -0.39 is 6.03 Å². The topological polar surface area (TPSA) is 81.9 Å². The molecule has 0 unspecified atom stereocenters. The Balaban J connectivity index is 2.48. The van der Waals surface area contributed by atoms with Gasteiger partial charge in [0.1, 0.15) is 6.54 Å². The van der Waals surface area contributed by atoms with Gasteiger partial charge in [-0.25, -0.2) is 10.3 Å². The first-order chi connectivity index (χ1) is 10.2. The Hall–Kier alpha value is -2.19. The van der Waals surface area contributed by atoms with Gasteiger partial charge in [-0.3, -0.25) is 9.63 Å². The molecular weight excluding hydrogens is 294 g/mol. The van der Waals surface area contributed by atoms with Crippen LogP contribution in [0.15, 0.2) is 29.3 Å². The molecule has 7 nitrogen and oxygen atoms in total. The number of hydroxylamine groups is 1. The van der Waals surface area contributed by atoms with Crippen LogP contribution < -0.4 is 10.3 Å². The van der Waals surface area contributed by atoms with E-state index in [-0.39, 0.29) is 12.5 Å². The third-order valence-electron chi connectivity index (χ3n) is 2.57. The van der Waals surface area contributed by atoms with Gasteiger partial charge in [-0.1, -0.05) is 23.5 Å². The minimum Gasteiger partial charge on any atom is -0.465 e. The van der Waals surface area contributed by atoms with Gasteiger partial charge >= 0.3 is 12.0 Å². The van der Waals surface area contributed by atoms with E-state index in [4.69, 9.17) is 4.74 Å². The fourth-order valence-electron chi connectivity index (χ4n) is 1.79. The molecule has 21 heavy (non-hydrogen) atoms. The average Bonchev–Trinajstić information content (AvgIpc) is 2.77. The number of nitrogens with one attached hydrogen (secondary N) is 1. The number of ether oxygens (including phenoxy) is 1. The van der Waals surface area contributed by atoms with E-state index in [2.05, 4.69) is 15.3 Å². The van der Waals surface area contributed by atoms with Crippen LogP contribution in [-0.2, 0) is 20.9 Å². The van der Waals surface area contributed by atoms with Crippen molar-refractivity contribution in [3.05, 3.63) is 29.1 Å². The summed E-state index contributed by atoms with van der Waals surface area (Å²) in [4.78, 5) is 32.1. The molecule has 0 radical (unpaired) electrons. The van der Waals surface area contributed by atoms with Crippen LogP contribution in [0.4, 0.5) is 4.79 Å². The molecule has 0 saturated carbocycles. The van der Waals surface area contributed by atoms with Crippen molar-refractivity contribution in [2.24, 2.45) is 4.99 Å². The highest BCUT2D eigenvalue weighted by molar-refractivity contribution is 7.16. The Labute approximate surface area is 124 Å². The number of aromatic nitrogens is 1. The fraction of sp³-hybridized carbons (Fsp3) is 0.308. The molecule has 112 valence electrons. The number of carbonyl (C=O) groups is 2. The van der Waals surface area contributed by atoms with Crippen molar-refractivity contribution in [3.8, 4) is 0 Å². The van der Waals surface area contributed by atoms with Gasteiger partial charge in [0, 0.05) is 0 Å². The van der Waals surface area contributed by atoms with Gasteiger partial charge in [0.05, 0.1) is 23.9 Å². The highest BCUT2D eigenvalue weighted by Gasteiger charge is 2.11. The maximum Gasteiger partial charge on any atom is 0.367 e. The molecule has 0 aliphatic heterocycles. The van der Waals surface area contributed by atoms with Crippen molar-refractivity contribution in [3.63, 3.8) is 0 Å². The first-order valence-electron chi connectivity index (χ1n) is 6.27. The summed E-state index contributed by atoms with van der Waals surface area (Å²) < 4.78 is 7.52. The summed E-state index contributed by atoms with van der Waals surface area (Å²) in [6.07, 6.45) is 0. The monoisotopic (exact) mass is 309 g/mol. The van der Waals surface area contributed by atoms with Crippen LogP contribution in [0.3, 0.4) is 0 Å². The molecular formula is C13H15N3O4S. The van der Waals surface area contributed by atoms with Gasteiger partial charge in [-0.2, -0.15) is 4.99 Å². The van der Waals surface area contributed by atoms with Crippen LogP contribution in [0.2, 0.25) is 0 Å². The number of rotatable bonds is 4. The molecule has 0 bridgehead atoms. The second kappa shape index (κ2) is 7.00. The van der Waals surface area contributed by atoms with E-state index in [9.17, 15) is 9.59 Å². The number of hydrogen-bond acceptors (Lipinski definition) is 5. The highest BCUT2D eigenvalue weighted by atomic mass is 32.1. The lowest BCUT2D eigenvalue weighted by Gasteiger charge is -2.04.